The summed E-state index contributed by atoms with van der Waals surface area (Å²) in [6.07, 6.45) is 8.40. The monoisotopic (exact) mass is 596 g/mol. The van der Waals surface area contributed by atoms with Crippen LogP contribution in [0.4, 0.5) is 5.69 Å². The summed E-state index contributed by atoms with van der Waals surface area (Å²) in [5.74, 6) is 0.613. The first-order chi connectivity index (χ1) is 19.3. The molecule has 1 saturated heterocycles. The van der Waals surface area contributed by atoms with E-state index in [2.05, 4.69) is 30.5 Å². The molecule has 2 heterocycles. The highest BCUT2D eigenvalue weighted by Gasteiger charge is 2.68. The van der Waals surface area contributed by atoms with Gasteiger partial charge in [-0.2, -0.15) is 4.36 Å². The molecule has 2 bridgehead atoms. The van der Waals surface area contributed by atoms with Crippen molar-refractivity contribution in [1.82, 2.24) is 5.32 Å². The summed E-state index contributed by atoms with van der Waals surface area (Å²) in [6.45, 7) is 6.88. The minimum absolute atomic E-state index is 0.0248. The highest BCUT2D eigenvalue weighted by atomic mass is 35.5. The second-order valence-corrected chi connectivity index (χ2v) is 16.0. The maximum absolute atomic E-state index is 13.3. The number of aryl methyl sites for hydroxylation is 1. The molecule has 3 saturated carbocycles. The van der Waals surface area contributed by atoms with Gasteiger partial charge in [0, 0.05) is 34.0 Å². The van der Waals surface area contributed by atoms with Gasteiger partial charge in [0.1, 0.15) is 5.58 Å². The Kier molecular flexibility index (Phi) is 7.33. The van der Waals surface area contributed by atoms with Crippen LogP contribution in [0.3, 0.4) is 0 Å². The van der Waals surface area contributed by atoms with Crippen molar-refractivity contribution in [2.45, 2.75) is 70.5 Å². The molecule has 7 rings (SSSR count). The molecule has 1 amide bonds. The molecule has 3 aromatic rings. The second kappa shape index (κ2) is 10.4. The highest BCUT2D eigenvalue weighted by Crippen LogP contribution is 2.65. The minimum atomic E-state index is -2.32. The molecule has 0 spiro atoms. The SMILES string of the molecule is CC1(C)[C@@H]2C[C@H]3OB([C@H](Cc4coc5ccccc45)NC(=O)CCc4ccc(N=S(C)(C)=O)c(Cl)c4)O[C@@]3(C)[C@H]1C2. The predicted molar refractivity (Wildman–Crippen MR) is 164 cm³/mol. The molecule has 218 valence electrons. The average Bonchev–Trinajstić information content (AvgIpc) is 3.48. The molecule has 2 aromatic carbocycles. The number of nitrogens with zero attached hydrogens (tertiary/aromatic N) is 1. The van der Waals surface area contributed by atoms with Gasteiger partial charge < -0.3 is 19.0 Å². The third-order valence-corrected chi connectivity index (χ3v) is 10.6. The van der Waals surface area contributed by atoms with Crippen LogP contribution in [0.1, 0.15) is 51.2 Å². The summed E-state index contributed by atoms with van der Waals surface area (Å²) in [5.41, 5.74) is 3.10. The molecule has 1 aromatic heterocycles. The molecular weight excluding hydrogens is 559 g/mol. The van der Waals surface area contributed by atoms with Gasteiger partial charge in [0.2, 0.25) is 5.91 Å². The van der Waals surface area contributed by atoms with Crippen molar-refractivity contribution in [3.8, 4) is 0 Å². The molecule has 3 aliphatic carbocycles. The molecule has 10 heteroatoms. The van der Waals surface area contributed by atoms with Crippen molar-refractivity contribution < 1.29 is 22.7 Å². The molecule has 1 N–H and O–H groups in total. The number of rotatable bonds is 8. The van der Waals surface area contributed by atoms with Gasteiger partial charge in [-0.1, -0.05) is 49.7 Å². The summed E-state index contributed by atoms with van der Waals surface area (Å²) < 4.78 is 35.4. The molecule has 1 aliphatic heterocycles. The van der Waals surface area contributed by atoms with Gasteiger partial charge >= 0.3 is 7.12 Å². The number of benzene rings is 2. The zero-order valence-electron chi connectivity index (χ0n) is 24.3. The van der Waals surface area contributed by atoms with Gasteiger partial charge in [-0.3, -0.25) is 4.79 Å². The van der Waals surface area contributed by atoms with E-state index in [4.69, 9.17) is 25.3 Å². The van der Waals surface area contributed by atoms with Crippen LogP contribution in [0, 0.1) is 17.3 Å². The first-order valence-electron chi connectivity index (χ1n) is 14.4. The Balaban J connectivity index is 1.19. The lowest BCUT2D eigenvalue weighted by molar-refractivity contribution is -0.199. The van der Waals surface area contributed by atoms with E-state index in [-0.39, 0.29) is 35.4 Å². The zero-order chi connectivity index (χ0) is 29.2. The normalized spacial score (nSPS) is 27.3. The number of nitrogens with one attached hydrogen (secondary N) is 1. The molecule has 4 aliphatic rings. The fourth-order valence-corrected chi connectivity index (χ4v) is 8.20. The largest absolute Gasteiger partial charge is 0.482 e. The smallest absolute Gasteiger partial charge is 0.464 e. The fourth-order valence-electron chi connectivity index (χ4n) is 7.27. The number of amides is 1. The first kappa shape index (κ1) is 28.8. The number of para-hydroxylation sites is 1. The van der Waals surface area contributed by atoms with Gasteiger partial charge in [-0.05, 0) is 79.2 Å². The Hall–Kier alpha value is -2.33. The predicted octanol–water partition coefficient (Wildman–Crippen LogP) is 6.37. The van der Waals surface area contributed by atoms with Crippen molar-refractivity contribution in [3.63, 3.8) is 0 Å². The lowest BCUT2D eigenvalue weighted by Crippen LogP contribution is -2.65. The first-order valence-corrected chi connectivity index (χ1v) is 17.1. The summed E-state index contributed by atoms with van der Waals surface area (Å²) in [6, 6.07) is 13.3. The van der Waals surface area contributed by atoms with E-state index < -0.39 is 16.8 Å². The lowest BCUT2D eigenvalue weighted by atomic mass is 9.43. The van der Waals surface area contributed by atoms with Crippen LogP contribution in [0.25, 0.3) is 11.0 Å². The number of halogens is 1. The molecular formula is C31H38BClN2O5S. The third-order valence-electron chi connectivity index (χ3n) is 9.62. The summed E-state index contributed by atoms with van der Waals surface area (Å²) in [5, 5.41) is 4.70. The van der Waals surface area contributed by atoms with Gasteiger partial charge in [0.05, 0.1) is 34.6 Å². The number of hydrogen-bond acceptors (Lipinski definition) is 6. The van der Waals surface area contributed by atoms with E-state index in [1.807, 2.05) is 30.3 Å². The van der Waals surface area contributed by atoms with Crippen molar-refractivity contribution in [3.05, 3.63) is 64.9 Å². The molecule has 4 fully saturated rings. The maximum Gasteiger partial charge on any atom is 0.482 e. The summed E-state index contributed by atoms with van der Waals surface area (Å²) in [4.78, 5) is 13.3. The summed E-state index contributed by atoms with van der Waals surface area (Å²) in [7, 11) is -2.87. The second-order valence-electron chi connectivity index (χ2n) is 13.0. The van der Waals surface area contributed by atoms with Crippen molar-refractivity contribution >= 4 is 51.0 Å². The number of carbonyl (C=O) groups excluding carboxylic acids is 1. The average molecular weight is 597 g/mol. The topological polar surface area (TPSA) is 90.1 Å². The fraction of sp³-hybridized carbons (Fsp3) is 0.516. The Morgan fingerprint density at radius 1 is 1.20 bits per heavy atom. The lowest BCUT2D eigenvalue weighted by Gasteiger charge is -2.64. The molecule has 5 atom stereocenters. The molecule has 41 heavy (non-hydrogen) atoms. The summed E-state index contributed by atoms with van der Waals surface area (Å²) >= 11 is 6.39. The van der Waals surface area contributed by atoms with E-state index in [1.54, 1.807) is 30.9 Å². The van der Waals surface area contributed by atoms with Crippen LogP contribution in [-0.2, 0) is 36.7 Å². The van der Waals surface area contributed by atoms with Gasteiger partial charge in [-0.15, -0.1) is 0 Å². The Bertz CT molecular complexity index is 1610. The number of furan rings is 1. The minimum Gasteiger partial charge on any atom is -0.464 e. The van der Waals surface area contributed by atoms with Crippen LogP contribution in [-0.4, -0.2) is 47.4 Å². The number of carbonyl (C=O) groups is 1. The van der Waals surface area contributed by atoms with Gasteiger partial charge in [-0.25, -0.2) is 4.21 Å². The number of fused-ring (bicyclic) bond motifs is 1. The number of hydrogen-bond donors (Lipinski definition) is 1. The highest BCUT2D eigenvalue weighted by molar-refractivity contribution is 7.92. The Morgan fingerprint density at radius 3 is 2.71 bits per heavy atom. The Morgan fingerprint density at radius 2 is 1.98 bits per heavy atom. The van der Waals surface area contributed by atoms with E-state index in [1.165, 1.54) is 6.42 Å². The molecule has 0 unspecified atom stereocenters. The quantitative estimate of drug-likeness (QED) is 0.305. The van der Waals surface area contributed by atoms with Crippen molar-refractivity contribution in [1.29, 1.82) is 0 Å². The van der Waals surface area contributed by atoms with E-state index in [9.17, 15) is 9.00 Å². The molecule has 0 radical (unpaired) electrons. The van der Waals surface area contributed by atoms with Crippen LogP contribution in [0.15, 0.2) is 57.5 Å². The van der Waals surface area contributed by atoms with E-state index in [0.29, 0.717) is 35.4 Å². The van der Waals surface area contributed by atoms with Crippen LogP contribution in [0.5, 0.6) is 0 Å². The van der Waals surface area contributed by atoms with Crippen LogP contribution >= 0.6 is 11.6 Å². The molecule has 7 nitrogen and oxygen atoms in total. The van der Waals surface area contributed by atoms with Crippen molar-refractivity contribution in [2.24, 2.45) is 21.6 Å². The van der Waals surface area contributed by atoms with Gasteiger partial charge in [0.25, 0.3) is 0 Å². The van der Waals surface area contributed by atoms with E-state index >= 15 is 0 Å². The van der Waals surface area contributed by atoms with Crippen LogP contribution in [0.2, 0.25) is 5.02 Å². The zero-order valence-corrected chi connectivity index (χ0v) is 25.9. The van der Waals surface area contributed by atoms with Gasteiger partial charge in [0.15, 0.2) is 0 Å². The maximum atomic E-state index is 13.3. The standard InChI is InChI=1S/C31H38BClN2O5S/c1-30(2)21-16-26(30)31(3)27(17-21)39-32(40-31)28(15-20-18-38-25-9-7-6-8-22(20)25)34-29(36)13-11-19-10-12-24(23(33)14-19)35-41(4,5)37/h6-10,12,14,18,21,26-28H,11,13,15-17H2,1-5H3,(H,34,36)/t21-,26-,27+,28-,31-/m0/s1. The van der Waals surface area contributed by atoms with Crippen molar-refractivity contribution in [2.75, 3.05) is 12.5 Å². The van der Waals surface area contributed by atoms with Crippen LogP contribution < -0.4 is 5.32 Å². The Labute approximate surface area is 248 Å². The van der Waals surface area contributed by atoms with E-state index in [0.717, 1.165) is 28.5 Å². The third kappa shape index (κ3) is 5.46.